The van der Waals surface area contributed by atoms with Crippen molar-refractivity contribution in [1.82, 2.24) is 9.78 Å². The van der Waals surface area contributed by atoms with Crippen LogP contribution in [0.4, 0.5) is 0 Å². The first-order chi connectivity index (χ1) is 7.58. The Kier molecular flexibility index (Phi) is 3.22. The standard InChI is InChI=1S/C12H12Cl2N2/c1-8-6-9(2)16(15-8)10-4-3-5-11(13)12(14)7-10/h4-7H,3H2,1-2H3. The minimum atomic E-state index is 0.554. The molecule has 0 aromatic carbocycles. The highest BCUT2D eigenvalue weighted by molar-refractivity contribution is 6.44. The van der Waals surface area contributed by atoms with E-state index in [-0.39, 0.29) is 0 Å². The molecule has 2 rings (SSSR count). The van der Waals surface area contributed by atoms with Gasteiger partial charge in [-0.05, 0) is 32.4 Å². The molecule has 1 aliphatic rings. The summed E-state index contributed by atoms with van der Waals surface area (Å²) in [4.78, 5) is 0. The zero-order valence-electron chi connectivity index (χ0n) is 9.17. The number of aromatic nitrogens is 2. The number of nitrogens with zero attached hydrogens (tertiary/aromatic N) is 2. The molecule has 1 aromatic rings. The lowest BCUT2D eigenvalue weighted by atomic mass is 10.3. The monoisotopic (exact) mass is 254 g/mol. The van der Waals surface area contributed by atoms with Crippen molar-refractivity contribution < 1.29 is 0 Å². The maximum atomic E-state index is 6.05. The van der Waals surface area contributed by atoms with Crippen molar-refractivity contribution in [3.63, 3.8) is 0 Å². The highest BCUT2D eigenvalue weighted by Gasteiger charge is 2.09. The minimum Gasteiger partial charge on any atom is -0.238 e. The fourth-order valence-electron chi connectivity index (χ4n) is 1.68. The number of hydrogen-bond acceptors (Lipinski definition) is 1. The predicted molar refractivity (Wildman–Crippen MR) is 68.5 cm³/mol. The Labute approximate surface area is 105 Å². The largest absolute Gasteiger partial charge is 0.238 e. The van der Waals surface area contributed by atoms with Crippen molar-refractivity contribution in [1.29, 1.82) is 0 Å². The first-order valence-electron chi connectivity index (χ1n) is 5.05. The van der Waals surface area contributed by atoms with Crippen molar-refractivity contribution in [3.05, 3.63) is 45.7 Å². The molecule has 0 fully saturated rings. The molecule has 1 aromatic heterocycles. The van der Waals surface area contributed by atoms with E-state index in [1.807, 2.05) is 36.7 Å². The van der Waals surface area contributed by atoms with Crippen molar-refractivity contribution in [3.8, 4) is 0 Å². The van der Waals surface area contributed by atoms with E-state index in [0.29, 0.717) is 10.1 Å². The van der Waals surface area contributed by atoms with E-state index in [1.165, 1.54) is 0 Å². The van der Waals surface area contributed by atoms with Gasteiger partial charge in [0.1, 0.15) is 0 Å². The van der Waals surface area contributed by atoms with Gasteiger partial charge < -0.3 is 0 Å². The molecule has 0 saturated carbocycles. The number of aryl methyl sites for hydroxylation is 2. The molecular weight excluding hydrogens is 243 g/mol. The van der Waals surface area contributed by atoms with Crippen LogP contribution in [0.2, 0.25) is 0 Å². The van der Waals surface area contributed by atoms with E-state index in [4.69, 9.17) is 23.2 Å². The van der Waals surface area contributed by atoms with Crippen LogP contribution in [-0.4, -0.2) is 9.78 Å². The fraction of sp³-hybridized carbons (Fsp3) is 0.250. The van der Waals surface area contributed by atoms with Gasteiger partial charge in [-0.25, -0.2) is 4.68 Å². The summed E-state index contributed by atoms with van der Waals surface area (Å²) in [6.07, 6.45) is 6.54. The van der Waals surface area contributed by atoms with E-state index in [9.17, 15) is 0 Å². The number of allylic oxidation sites excluding steroid dienone is 6. The molecule has 0 radical (unpaired) electrons. The third-order valence-corrected chi connectivity index (χ3v) is 3.15. The summed E-state index contributed by atoms with van der Waals surface area (Å²) in [5.41, 5.74) is 3.04. The van der Waals surface area contributed by atoms with Crippen LogP contribution in [0.1, 0.15) is 17.8 Å². The molecule has 2 nitrogen and oxygen atoms in total. The average Bonchev–Trinajstić information content (AvgIpc) is 2.46. The van der Waals surface area contributed by atoms with Crippen LogP contribution in [0.25, 0.3) is 5.70 Å². The summed E-state index contributed by atoms with van der Waals surface area (Å²) in [5.74, 6) is 0. The molecule has 0 bridgehead atoms. The van der Waals surface area contributed by atoms with E-state index in [0.717, 1.165) is 23.5 Å². The van der Waals surface area contributed by atoms with Crippen LogP contribution < -0.4 is 0 Å². The maximum Gasteiger partial charge on any atom is 0.0627 e. The highest BCUT2D eigenvalue weighted by atomic mass is 35.5. The molecule has 0 atom stereocenters. The van der Waals surface area contributed by atoms with Gasteiger partial charge in [0, 0.05) is 5.69 Å². The van der Waals surface area contributed by atoms with Gasteiger partial charge in [0.2, 0.25) is 0 Å². The smallest absolute Gasteiger partial charge is 0.0627 e. The Morgan fingerprint density at radius 2 is 1.94 bits per heavy atom. The zero-order chi connectivity index (χ0) is 11.7. The van der Waals surface area contributed by atoms with Gasteiger partial charge in [0.25, 0.3) is 0 Å². The molecule has 0 spiro atoms. The van der Waals surface area contributed by atoms with Crippen molar-refractivity contribution in [2.24, 2.45) is 0 Å². The fourth-order valence-corrected chi connectivity index (χ4v) is 2.01. The van der Waals surface area contributed by atoms with Gasteiger partial charge in [-0.1, -0.05) is 35.4 Å². The summed E-state index contributed by atoms with van der Waals surface area (Å²) >= 11 is 12.0. The Balaban J connectivity index is 2.43. The van der Waals surface area contributed by atoms with Gasteiger partial charge in [0.05, 0.1) is 21.5 Å². The van der Waals surface area contributed by atoms with Gasteiger partial charge in [-0.15, -0.1) is 0 Å². The normalized spacial score (nSPS) is 16.4. The molecule has 16 heavy (non-hydrogen) atoms. The molecule has 0 unspecified atom stereocenters. The van der Waals surface area contributed by atoms with Crippen LogP contribution in [0.5, 0.6) is 0 Å². The number of hydrogen-bond donors (Lipinski definition) is 0. The number of rotatable bonds is 1. The SMILES string of the molecule is Cc1cc(C)n(C2=CCC=C(Cl)C(Cl)=C2)n1. The van der Waals surface area contributed by atoms with Crippen molar-refractivity contribution in [2.75, 3.05) is 0 Å². The van der Waals surface area contributed by atoms with Crippen molar-refractivity contribution in [2.45, 2.75) is 20.3 Å². The molecule has 0 N–H and O–H groups in total. The second-order valence-electron chi connectivity index (χ2n) is 3.75. The van der Waals surface area contributed by atoms with E-state index in [1.54, 1.807) is 0 Å². The van der Waals surface area contributed by atoms with E-state index in [2.05, 4.69) is 11.2 Å². The lowest BCUT2D eigenvalue weighted by molar-refractivity contribution is 0.857. The van der Waals surface area contributed by atoms with Crippen molar-refractivity contribution >= 4 is 28.9 Å². The summed E-state index contributed by atoms with van der Waals surface area (Å²) < 4.78 is 1.88. The molecule has 4 heteroatoms. The topological polar surface area (TPSA) is 17.8 Å². The van der Waals surface area contributed by atoms with Gasteiger partial charge in [-0.2, -0.15) is 5.10 Å². The Morgan fingerprint density at radius 1 is 1.19 bits per heavy atom. The number of halogens is 2. The second kappa shape index (κ2) is 4.48. The maximum absolute atomic E-state index is 6.05. The third-order valence-electron chi connectivity index (χ3n) is 2.38. The van der Waals surface area contributed by atoms with Crippen LogP contribution in [0, 0.1) is 13.8 Å². The zero-order valence-corrected chi connectivity index (χ0v) is 10.7. The lowest BCUT2D eigenvalue weighted by Gasteiger charge is -2.04. The summed E-state index contributed by atoms with van der Waals surface area (Å²) in [6, 6.07) is 2.03. The summed E-state index contributed by atoms with van der Waals surface area (Å²) in [6.45, 7) is 3.99. The summed E-state index contributed by atoms with van der Waals surface area (Å²) in [5, 5.41) is 5.56. The first kappa shape index (κ1) is 11.5. The molecule has 0 saturated heterocycles. The molecule has 1 aliphatic carbocycles. The first-order valence-corrected chi connectivity index (χ1v) is 5.80. The van der Waals surface area contributed by atoms with Crippen LogP contribution in [-0.2, 0) is 0 Å². The highest BCUT2D eigenvalue weighted by Crippen LogP contribution is 2.26. The van der Waals surface area contributed by atoms with Crippen LogP contribution in [0.3, 0.4) is 0 Å². The lowest BCUT2D eigenvalue weighted by Crippen LogP contribution is -1.99. The quantitative estimate of drug-likeness (QED) is 0.741. The van der Waals surface area contributed by atoms with Gasteiger partial charge in [0.15, 0.2) is 0 Å². The second-order valence-corrected chi connectivity index (χ2v) is 4.56. The average molecular weight is 255 g/mol. The molecular formula is C12H12Cl2N2. The van der Waals surface area contributed by atoms with Gasteiger partial charge >= 0.3 is 0 Å². The Hall–Kier alpha value is -0.990. The Bertz CT molecular complexity index is 507. The Morgan fingerprint density at radius 3 is 2.56 bits per heavy atom. The third kappa shape index (κ3) is 2.23. The molecule has 1 heterocycles. The molecule has 0 amide bonds. The van der Waals surface area contributed by atoms with Crippen LogP contribution >= 0.6 is 23.2 Å². The molecule has 0 aliphatic heterocycles. The van der Waals surface area contributed by atoms with Gasteiger partial charge in [-0.3, -0.25) is 0 Å². The molecule has 84 valence electrons. The minimum absolute atomic E-state index is 0.554. The predicted octanol–water partition coefficient (Wildman–Crippen LogP) is 3.99. The van der Waals surface area contributed by atoms with E-state index < -0.39 is 0 Å². The van der Waals surface area contributed by atoms with Crippen LogP contribution in [0.15, 0.2) is 34.4 Å². The summed E-state index contributed by atoms with van der Waals surface area (Å²) in [7, 11) is 0. The van der Waals surface area contributed by atoms with E-state index >= 15 is 0 Å².